The van der Waals surface area contributed by atoms with Gasteiger partial charge < -0.3 is 15.4 Å². The standard InChI is InChI=1S/C17H28N2O/c1-13-8-9-16(17(11-13)20-3)19-14(2)12-15-7-5-4-6-10-18-15/h8-9,11,14-15,18-19H,4-7,10,12H2,1-3H3. The van der Waals surface area contributed by atoms with Crippen molar-refractivity contribution >= 4 is 5.69 Å². The Kier molecular flexibility index (Phi) is 5.72. The molecule has 20 heavy (non-hydrogen) atoms. The van der Waals surface area contributed by atoms with Gasteiger partial charge in [-0.3, -0.25) is 0 Å². The molecule has 0 saturated carbocycles. The molecule has 0 amide bonds. The van der Waals surface area contributed by atoms with E-state index in [0.717, 1.165) is 17.9 Å². The van der Waals surface area contributed by atoms with Crippen LogP contribution in [0.25, 0.3) is 0 Å². The average molecular weight is 276 g/mol. The first-order chi connectivity index (χ1) is 9.69. The normalized spacial score (nSPS) is 21.1. The number of benzene rings is 1. The van der Waals surface area contributed by atoms with Crippen LogP contribution in [0.5, 0.6) is 5.75 Å². The second kappa shape index (κ2) is 7.53. The summed E-state index contributed by atoms with van der Waals surface area (Å²) in [6, 6.07) is 7.42. The van der Waals surface area contributed by atoms with E-state index in [1.165, 1.54) is 37.8 Å². The maximum absolute atomic E-state index is 5.46. The number of anilines is 1. The highest BCUT2D eigenvalue weighted by atomic mass is 16.5. The largest absolute Gasteiger partial charge is 0.495 e. The molecule has 3 nitrogen and oxygen atoms in total. The van der Waals surface area contributed by atoms with Crippen LogP contribution in [0.2, 0.25) is 0 Å². The molecule has 0 aromatic heterocycles. The molecule has 2 N–H and O–H groups in total. The van der Waals surface area contributed by atoms with Crippen LogP contribution >= 0.6 is 0 Å². The Morgan fingerprint density at radius 2 is 2.20 bits per heavy atom. The van der Waals surface area contributed by atoms with E-state index in [-0.39, 0.29) is 0 Å². The van der Waals surface area contributed by atoms with E-state index in [0.29, 0.717) is 12.1 Å². The lowest BCUT2D eigenvalue weighted by Crippen LogP contribution is -2.33. The van der Waals surface area contributed by atoms with E-state index in [1.807, 2.05) is 0 Å². The van der Waals surface area contributed by atoms with Crippen molar-refractivity contribution in [2.24, 2.45) is 0 Å². The van der Waals surface area contributed by atoms with E-state index in [1.54, 1.807) is 7.11 Å². The smallest absolute Gasteiger partial charge is 0.142 e. The molecule has 1 fully saturated rings. The van der Waals surface area contributed by atoms with Crippen molar-refractivity contribution in [2.45, 2.75) is 58.0 Å². The fourth-order valence-corrected chi connectivity index (χ4v) is 2.97. The molecule has 2 rings (SSSR count). The predicted molar refractivity (Wildman–Crippen MR) is 85.7 cm³/mol. The summed E-state index contributed by atoms with van der Waals surface area (Å²) in [5.41, 5.74) is 2.32. The summed E-state index contributed by atoms with van der Waals surface area (Å²) in [6.07, 6.45) is 6.52. The first-order valence-corrected chi connectivity index (χ1v) is 7.83. The Hall–Kier alpha value is -1.22. The van der Waals surface area contributed by atoms with Gasteiger partial charge in [-0.05, 0) is 57.4 Å². The van der Waals surface area contributed by atoms with E-state index < -0.39 is 0 Å². The molecule has 0 bridgehead atoms. The fourth-order valence-electron chi connectivity index (χ4n) is 2.97. The van der Waals surface area contributed by atoms with Crippen LogP contribution in [0.1, 0.15) is 44.6 Å². The third-order valence-corrected chi connectivity index (χ3v) is 4.06. The van der Waals surface area contributed by atoms with E-state index in [4.69, 9.17) is 4.74 Å². The number of nitrogens with one attached hydrogen (secondary N) is 2. The second-order valence-corrected chi connectivity index (χ2v) is 5.99. The minimum absolute atomic E-state index is 0.446. The zero-order valence-electron chi connectivity index (χ0n) is 13.0. The van der Waals surface area contributed by atoms with Crippen LogP contribution in [0.15, 0.2) is 18.2 Å². The van der Waals surface area contributed by atoms with Gasteiger partial charge in [0.2, 0.25) is 0 Å². The van der Waals surface area contributed by atoms with Crippen molar-refractivity contribution in [3.8, 4) is 5.75 Å². The summed E-state index contributed by atoms with van der Waals surface area (Å²) >= 11 is 0. The molecule has 0 aliphatic carbocycles. The van der Waals surface area contributed by atoms with Crippen molar-refractivity contribution in [1.29, 1.82) is 0 Å². The molecule has 1 aliphatic rings. The molecule has 1 saturated heterocycles. The second-order valence-electron chi connectivity index (χ2n) is 5.99. The Morgan fingerprint density at radius 1 is 1.35 bits per heavy atom. The lowest BCUT2D eigenvalue weighted by atomic mass is 10.0. The van der Waals surface area contributed by atoms with Crippen LogP contribution in [0.3, 0.4) is 0 Å². The third-order valence-electron chi connectivity index (χ3n) is 4.06. The zero-order valence-corrected chi connectivity index (χ0v) is 13.0. The van der Waals surface area contributed by atoms with E-state index in [9.17, 15) is 0 Å². The Balaban J connectivity index is 1.91. The Bertz CT molecular complexity index is 411. The molecule has 1 aromatic rings. The van der Waals surface area contributed by atoms with Crippen molar-refractivity contribution in [2.75, 3.05) is 19.0 Å². The molecular weight excluding hydrogens is 248 g/mol. The van der Waals surface area contributed by atoms with Gasteiger partial charge in [0.05, 0.1) is 12.8 Å². The molecule has 112 valence electrons. The quantitative estimate of drug-likeness (QED) is 0.860. The molecule has 2 unspecified atom stereocenters. The number of hydrogen-bond donors (Lipinski definition) is 2. The zero-order chi connectivity index (χ0) is 14.4. The molecular formula is C17H28N2O. The number of aryl methyl sites for hydroxylation is 1. The van der Waals surface area contributed by atoms with Crippen LogP contribution in [0, 0.1) is 6.92 Å². The molecule has 0 spiro atoms. The molecule has 2 atom stereocenters. The summed E-state index contributed by atoms with van der Waals surface area (Å²) in [6.45, 7) is 5.52. The molecule has 3 heteroatoms. The summed E-state index contributed by atoms with van der Waals surface area (Å²) in [7, 11) is 1.73. The lowest BCUT2D eigenvalue weighted by Gasteiger charge is -2.23. The highest BCUT2D eigenvalue weighted by Gasteiger charge is 2.15. The Morgan fingerprint density at radius 3 is 3.00 bits per heavy atom. The average Bonchev–Trinajstić information content (AvgIpc) is 2.69. The van der Waals surface area contributed by atoms with Gasteiger partial charge >= 0.3 is 0 Å². The summed E-state index contributed by atoms with van der Waals surface area (Å²) in [5.74, 6) is 0.936. The summed E-state index contributed by atoms with van der Waals surface area (Å²) in [4.78, 5) is 0. The molecule has 0 radical (unpaired) electrons. The lowest BCUT2D eigenvalue weighted by molar-refractivity contribution is 0.414. The van der Waals surface area contributed by atoms with Gasteiger partial charge in [0, 0.05) is 12.1 Å². The minimum atomic E-state index is 0.446. The highest BCUT2D eigenvalue weighted by Crippen LogP contribution is 2.26. The van der Waals surface area contributed by atoms with E-state index in [2.05, 4.69) is 42.7 Å². The van der Waals surface area contributed by atoms with Gasteiger partial charge in [-0.25, -0.2) is 0 Å². The minimum Gasteiger partial charge on any atom is -0.495 e. The number of rotatable bonds is 5. The van der Waals surface area contributed by atoms with Gasteiger partial charge in [0.1, 0.15) is 5.75 Å². The third kappa shape index (κ3) is 4.41. The van der Waals surface area contributed by atoms with Crippen LogP contribution in [-0.2, 0) is 0 Å². The Labute approximate surface area is 123 Å². The van der Waals surface area contributed by atoms with Gasteiger partial charge in [-0.2, -0.15) is 0 Å². The van der Waals surface area contributed by atoms with E-state index >= 15 is 0 Å². The molecule has 1 heterocycles. The number of hydrogen-bond acceptors (Lipinski definition) is 3. The first-order valence-electron chi connectivity index (χ1n) is 7.83. The van der Waals surface area contributed by atoms with Crippen molar-refractivity contribution in [3.05, 3.63) is 23.8 Å². The topological polar surface area (TPSA) is 33.3 Å². The predicted octanol–water partition coefficient (Wildman–Crippen LogP) is 3.73. The van der Waals surface area contributed by atoms with Crippen molar-refractivity contribution in [1.82, 2.24) is 5.32 Å². The first kappa shape index (κ1) is 15.2. The highest BCUT2D eigenvalue weighted by molar-refractivity contribution is 5.58. The maximum Gasteiger partial charge on any atom is 0.142 e. The summed E-state index contributed by atoms with van der Waals surface area (Å²) < 4.78 is 5.46. The number of ether oxygens (including phenoxy) is 1. The van der Waals surface area contributed by atoms with Gasteiger partial charge in [-0.1, -0.05) is 18.9 Å². The van der Waals surface area contributed by atoms with Gasteiger partial charge in [0.15, 0.2) is 0 Å². The van der Waals surface area contributed by atoms with Crippen LogP contribution in [-0.4, -0.2) is 25.7 Å². The van der Waals surface area contributed by atoms with Crippen LogP contribution in [0.4, 0.5) is 5.69 Å². The molecule has 1 aliphatic heterocycles. The fraction of sp³-hybridized carbons (Fsp3) is 0.647. The van der Waals surface area contributed by atoms with Crippen molar-refractivity contribution < 1.29 is 4.74 Å². The van der Waals surface area contributed by atoms with Gasteiger partial charge in [0.25, 0.3) is 0 Å². The summed E-state index contributed by atoms with van der Waals surface area (Å²) in [5, 5.41) is 7.26. The molecule has 1 aromatic carbocycles. The monoisotopic (exact) mass is 276 g/mol. The SMILES string of the molecule is COc1cc(C)ccc1NC(C)CC1CCCCCN1. The van der Waals surface area contributed by atoms with Gasteiger partial charge in [-0.15, -0.1) is 0 Å². The maximum atomic E-state index is 5.46. The number of methoxy groups -OCH3 is 1. The van der Waals surface area contributed by atoms with Crippen LogP contribution < -0.4 is 15.4 Å². The van der Waals surface area contributed by atoms with Crippen molar-refractivity contribution in [3.63, 3.8) is 0 Å².